The molecule has 0 saturated heterocycles. The molecule has 0 bridgehead atoms. The summed E-state index contributed by atoms with van der Waals surface area (Å²) in [6.07, 6.45) is 10.8. The number of aromatic nitrogens is 8. The van der Waals surface area contributed by atoms with E-state index in [2.05, 4.69) is 179 Å². The number of pyridine rings is 4. The number of fused-ring (bicyclic) bond motifs is 5. The fraction of sp³-hybridized carbons (Fsp3) is 0.0606. The summed E-state index contributed by atoms with van der Waals surface area (Å²) in [6, 6.07) is 69.2. The average molecular weight is 1040 g/mol. The Morgan fingerprint density at radius 1 is 0.295 bits per heavy atom. The Labute approximate surface area is 454 Å². The van der Waals surface area contributed by atoms with E-state index in [0.29, 0.717) is 23.0 Å². The van der Waals surface area contributed by atoms with Gasteiger partial charge in [-0.1, -0.05) is 111 Å². The third kappa shape index (κ3) is 7.83. The minimum Gasteiger partial charge on any atom is -0.310 e. The SMILES string of the molecule is C[Si]1(C)c2ccccc2N(c2cc(-c3cc(-c4ccccn4)nc(-c4cccnc4)n3)cc3c(N4c5ccccc5[Si](C)(C)c5ccccc54)cc(-c4cc(-c5ccccn5)nc(-c5cccnc5)n4)cc23)c2ccccc21. The molecule has 0 unspecified atom stereocenters. The van der Waals surface area contributed by atoms with Crippen molar-refractivity contribution in [3.05, 3.63) is 231 Å². The molecule has 2 aliphatic heterocycles. The van der Waals surface area contributed by atoms with Gasteiger partial charge in [-0.05, 0) is 130 Å². The first-order chi connectivity index (χ1) is 38.2. The predicted octanol–water partition coefficient (Wildman–Crippen LogP) is 13.2. The van der Waals surface area contributed by atoms with E-state index >= 15 is 0 Å². The van der Waals surface area contributed by atoms with E-state index in [9.17, 15) is 0 Å². The topological polar surface area (TPSA) is 110 Å². The molecule has 0 atom stereocenters. The zero-order chi connectivity index (χ0) is 52.5. The molecule has 0 amide bonds. The monoisotopic (exact) mass is 1040 g/mol. The zero-order valence-corrected chi connectivity index (χ0v) is 45.4. The lowest BCUT2D eigenvalue weighted by molar-refractivity contribution is 1.15. The van der Waals surface area contributed by atoms with E-state index in [-0.39, 0.29) is 0 Å². The van der Waals surface area contributed by atoms with Gasteiger partial charge >= 0.3 is 0 Å². The third-order valence-electron chi connectivity index (χ3n) is 15.5. The maximum absolute atomic E-state index is 5.45. The largest absolute Gasteiger partial charge is 0.310 e. The minimum absolute atomic E-state index is 0.558. The van der Waals surface area contributed by atoms with Crippen LogP contribution in [0.4, 0.5) is 34.1 Å². The lowest BCUT2D eigenvalue weighted by Gasteiger charge is -2.42. The quantitative estimate of drug-likeness (QED) is 0.136. The first kappa shape index (κ1) is 46.9. The zero-order valence-electron chi connectivity index (χ0n) is 43.4. The highest BCUT2D eigenvalue weighted by Crippen LogP contribution is 2.50. The van der Waals surface area contributed by atoms with Crippen LogP contribution in [0, 0.1) is 0 Å². The number of hydrogen-bond donors (Lipinski definition) is 0. The minimum atomic E-state index is -2.22. The van der Waals surface area contributed by atoms with E-state index in [1.165, 1.54) is 20.7 Å². The second-order valence-corrected chi connectivity index (χ2v) is 29.6. The van der Waals surface area contributed by atoms with Gasteiger partial charge in [0.15, 0.2) is 11.6 Å². The van der Waals surface area contributed by atoms with Gasteiger partial charge in [0.25, 0.3) is 0 Å². The Kier molecular flexibility index (Phi) is 11.2. The summed E-state index contributed by atoms with van der Waals surface area (Å²) >= 11 is 0. The van der Waals surface area contributed by atoms with Crippen LogP contribution in [-0.2, 0) is 0 Å². The van der Waals surface area contributed by atoms with Crippen LogP contribution in [0.2, 0.25) is 26.2 Å². The van der Waals surface area contributed by atoms with Crippen molar-refractivity contribution in [1.29, 1.82) is 0 Å². The summed E-state index contributed by atoms with van der Waals surface area (Å²) in [5, 5.41) is 7.50. The van der Waals surface area contributed by atoms with Crippen molar-refractivity contribution in [1.82, 2.24) is 39.9 Å². The van der Waals surface area contributed by atoms with E-state index < -0.39 is 16.1 Å². The summed E-state index contributed by atoms with van der Waals surface area (Å²) < 4.78 is 0. The van der Waals surface area contributed by atoms with Gasteiger partial charge in [0.1, 0.15) is 16.1 Å². The highest BCUT2D eigenvalue weighted by Gasteiger charge is 2.41. The van der Waals surface area contributed by atoms with Crippen molar-refractivity contribution in [3.8, 4) is 68.1 Å². The number of anilines is 6. The lowest BCUT2D eigenvalue weighted by Crippen LogP contribution is -2.58. The predicted molar refractivity (Wildman–Crippen MR) is 322 cm³/mol. The van der Waals surface area contributed by atoms with Gasteiger partial charge in [-0.2, -0.15) is 0 Å². The summed E-state index contributed by atoms with van der Waals surface area (Å²) in [4.78, 5) is 44.9. The maximum Gasteiger partial charge on any atom is 0.162 e. The van der Waals surface area contributed by atoms with Gasteiger partial charge in [-0.3, -0.25) is 19.9 Å². The molecule has 12 aromatic rings. The number of nitrogens with zero attached hydrogens (tertiary/aromatic N) is 10. The van der Waals surface area contributed by atoms with Crippen LogP contribution in [0.15, 0.2) is 231 Å². The van der Waals surface area contributed by atoms with Crippen molar-refractivity contribution in [2.24, 2.45) is 0 Å². The highest BCUT2D eigenvalue weighted by molar-refractivity contribution is 7.03. The molecule has 10 nitrogen and oxygen atoms in total. The molecule has 0 saturated carbocycles. The van der Waals surface area contributed by atoms with Crippen molar-refractivity contribution in [2.45, 2.75) is 26.2 Å². The first-order valence-electron chi connectivity index (χ1n) is 26.2. The second kappa shape index (κ2) is 18.6. The molecular formula is C66H50N10Si2. The van der Waals surface area contributed by atoms with Crippen LogP contribution in [0.25, 0.3) is 78.8 Å². The van der Waals surface area contributed by atoms with Crippen LogP contribution in [0.1, 0.15) is 0 Å². The molecule has 0 spiro atoms. The third-order valence-corrected chi connectivity index (χ3v) is 22.6. The van der Waals surface area contributed by atoms with Crippen molar-refractivity contribution >= 4 is 81.8 Å². The molecule has 0 aliphatic carbocycles. The molecule has 14 rings (SSSR count). The van der Waals surface area contributed by atoms with Gasteiger partial charge in [0.05, 0.1) is 45.5 Å². The Bertz CT molecular complexity index is 3800. The van der Waals surface area contributed by atoms with E-state index in [1.807, 2.05) is 85.5 Å². The smallest absolute Gasteiger partial charge is 0.162 e. The van der Waals surface area contributed by atoms with Crippen LogP contribution < -0.4 is 30.5 Å². The summed E-state index contributed by atoms with van der Waals surface area (Å²) in [6.45, 7) is 9.88. The summed E-state index contributed by atoms with van der Waals surface area (Å²) in [7, 11) is -4.44. The molecule has 372 valence electrons. The Morgan fingerprint density at radius 2 is 0.654 bits per heavy atom. The molecule has 78 heavy (non-hydrogen) atoms. The summed E-state index contributed by atoms with van der Waals surface area (Å²) in [5.74, 6) is 1.12. The fourth-order valence-corrected chi connectivity index (χ4v) is 17.7. The molecule has 0 fully saturated rings. The van der Waals surface area contributed by atoms with Gasteiger partial charge in [-0.25, -0.2) is 19.9 Å². The van der Waals surface area contributed by atoms with E-state index in [4.69, 9.17) is 29.9 Å². The van der Waals surface area contributed by atoms with Gasteiger partial charge in [0.2, 0.25) is 0 Å². The maximum atomic E-state index is 5.45. The molecule has 2 aliphatic rings. The Balaban J connectivity index is 1.15. The fourth-order valence-electron chi connectivity index (χ4n) is 11.7. The van der Waals surface area contributed by atoms with E-state index in [0.717, 1.165) is 89.9 Å². The van der Waals surface area contributed by atoms with Gasteiger partial charge in [0, 0.05) is 93.0 Å². The standard InChI is InChI=1S/C66H50N10Si2/c1-77(2)61-27-9-5-23-55(61)75(56-24-6-10-28-62(56)77)59-37-45(51-39-53(49-21-13-15-33-69-49)73-65(71-51)43-19-17-31-67-41-43)36-48-47(59)35-46(52-40-54(50-22-14-16-34-70-50)74-66(72-52)44-20-18-32-68-42-44)38-60(48)76-57-25-7-11-29-63(57)78(3,4)64-30-12-8-26-58(64)76/h5-42H,1-4H3. The second-order valence-electron chi connectivity index (χ2n) is 20.9. The van der Waals surface area contributed by atoms with Crippen molar-refractivity contribution in [2.75, 3.05) is 9.80 Å². The van der Waals surface area contributed by atoms with Crippen LogP contribution >= 0.6 is 0 Å². The molecule has 12 heteroatoms. The molecule has 6 aromatic carbocycles. The number of rotatable bonds is 8. The van der Waals surface area contributed by atoms with E-state index in [1.54, 1.807) is 12.4 Å². The molecule has 0 radical (unpaired) electrons. The molecule has 6 aromatic heterocycles. The molecular weight excluding hydrogens is 989 g/mol. The van der Waals surface area contributed by atoms with Gasteiger partial charge in [-0.15, -0.1) is 0 Å². The first-order valence-corrected chi connectivity index (χ1v) is 32.2. The Morgan fingerprint density at radius 3 is 1.00 bits per heavy atom. The van der Waals surface area contributed by atoms with Crippen LogP contribution in [0.5, 0.6) is 0 Å². The number of para-hydroxylation sites is 4. The normalized spacial score (nSPS) is 13.8. The van der Waals surface area contributed by atoms with Crippen molar-refractivity contribution in [3.63, 3.8) is 0 Å². The van der Waals surface area contributed by atoms with Crippen LogP contribution in [-0.4, -0.2) is 56.0 Å². The van der Waals surface area contributed by atoms with Gasteiger partial charge < -0.3 is 9.80 Å². The van der Waals surface area contributed by atoms with Crippen molar-refractivity contribution < 1.29 is 0 Å². The number of hydrogen-bond acceptors (Lipinski definition) is 10. The highest BCUT2D eigenvalue weighted by atomic mass is 28.3. The van der Waals surface area contributed by atoms with Crippen LogP contribution in [0.3, 0.4) is 0 Å². The molecule has 0 N–H and O–H groups in total. The average Bonchev–Trinajstić information content (AvgIpc) is 3.68. The molecule has 8 heterocycles. The summed E-state index contributed by atoms with van der Waals surface area (Å²) in [5.41, 5.74) is 14.5. The lowest BCUT2D eigenvalue weighted by atomic mass is 9.95. The number of benzene rings is 6. The Hall–Kier alpha value is -9.63.